The minimum atomic E-state index is -0.722. The van der Waals surface area contributed by atoms with Crippen molar-refractivity contribution in [3.8, 4) is 11.5 Å². The van der Waals surface area contributed by atoms with Gasteiger partial charge in [-0.1, -0.05) is 24.3 Å². The van der Waals surface area contributed by atoms with E-state index < -0.39 is 6.10 Å². The van der Waals surface area contributed by atoms with Crippen molar-refractivity contribution in [2.24, 2.45) is 5.10 Å². The third-order valence-electron chi connectivity index (χ3n) is 4.46. The number of para-hydroxylation sites is 2. The number of hydrogen-bond donors (Lipinski definition) is 1. The van der Waals surface area contributed by atoms with Crippen molar-refractivity contribution in [3.63, 3.8) is 0 Å². The zero-order valence-corrected chi connectivity index (χ0v) is 14.8. The van der Waals surface area contributed by atoms with Gasteiger partial charge in [0, 0.05) is 18.8 Å². The van der Waals surface area contributed by atoms with Crippen molar-refractivity contribution < 1.29 is 19.0 Å². The molecule has 7 nitrogen and oxygen atoms in total. The van der Waals surface area contributed by atoms with Crippen LogP contribution in [0.25, 0.3) is 0 Å². The van der Waals surface area contributed by atoms with Crippen molar-refractivity contribution in [2.45, 2.75) is 6.10 Å². The highest BCUT2D eigenvalue weighted by Crippen LogP contribution is 2.30. The number of benzene rings is 2. The van der Waals surface area contributed by atoms with Gasteiger partial charge in [0.1, 0.15) is 6.61 Å². The van der Waals surface area contributed by atoms with E-state index in [0.717, 1.165) is 37.6 Å². The number of rotatable bonds is 4. The van der Waals surface area contributed by atoms with Crippen LogP contribution in [0, 0.1) is 0 Å². The normalized spacial score (nSPS) is 19.1. The standard InChI is InChI=1S/C20H21N3O4/c24-20(19-14-26-17-3-1-2-4-18(17)27-19)22-21-13-15-5-7-16(8-6-15)23-9-11-25-12-10-23/h1-8,13,19H,9-12,14H2,(H,22,24)/b21-13+. The van der Waals surface area contributed by atoms with Crippen LogP contribution in [-0.2, 0) is 9.53 Å². The zero-order valence-electron chi connectivity index (χ0n) is 14.8. The summed E-state index contributed by atoms with van der Waals surface area (Å²) in [6.45, 7) is 3.47. The van der Waals surface area contributed by atoms with E-state index in [1.807, 2.05) is 42.5 Å². The highest BCUT2D eigenvalue weighted by atomic mass is 16.6. The molecule has 1 fully saturated rings. The lowest BCUT2D eigenvalue weighted by Crippen LogP contribution is -2.42. The average Bonchev–Trinajstić information content (AvgIpc) is 2.74. The van der Waals surface area contributed by atoms with E-state index in [-0.39, 0.29) is 12.5 Å². The molecule has 2 aliphatic heterocycles. The second kappa shape index (κ2) is 8.09. The number of amides is 1. The van der Waals surface area contributed by atoms with Crippen LogP contribution in [0.4, 0.5) is 5.69 Å². The van der Waals surface area contributed by atoms with E-state index >= 15 is 0 Å². The molecule has 0 spiro atoms. The topological polar surface area (TPSA) is 72.4 Å². The van der Waals surface area contributed by atoms with Gasteiger partial charge in [-0.25, -0.2) is 5.43 Å². The number of anilines is 1. The van der Waals surface area contributed by atoms with Crippen LogP contribution in [0.3, 0.4) is 0 Å². The Balaban J connectivity index is 1.30. The summed E-state index contributed by atoms with van der Waals surface area (Å²) in [5.74, 6) is 0.864. The Kier molecular flexibility index (Phi) is 5.20. The van der Waals surface area contributed by atoms with Gasteiger partial charge in [0.2, 0.25) is 6.10 Å². The summed E-state index contributed by atoms with van der Waals surface area (Å²) in [7, 11) is 0. The third kappa shape index (κ3) is 4.20. The Labute approximate surface area is 157 Å². The molecule has 0 bridgehead atoms. The maximum atomic E-state index is 12.2. The highest BCUT2D eigenvalue weighted by Gasteiger charge is 2.26. The van der Waals surface area contributed by atoms with Gasteiger partial charge in [-0.05, 0) is 29.8 Å². The van der Waals surface area contributed by atoms with E-state index in [1.165, 1.54) is 0 Å². The zero-order chi connectivity index (χ0) is 18.5. The number of carbonyl (C=O) groups is 1. The van der Waals surface area contributed by atoms with Gasteiger partial charge in [-0.15, -0.1) is 0 Å². The largest absolute Gasteiger partial charge is 0.485 e. The predicted octanol–water partition coefficient (Wildman–Crippen LogP) is 1.81. The minimum Gasteiger partial charge on any atom is -0.485 e. The van der Waals surface area contributed by atoms with Crippen LogP contribution in [0.1, 0.15) is 5.56 Å². The molecule has 0 aromatic heterocycles. The lowest BCUT2D eigenvalue weighted by Gasteiger charge is -2.28. The van der Waals surface area contributed by atoms with Crippen LogP contribution in [0.5, 0.6) is 11.5 Å². The van der Waals surface area contributed by atoms with Crippen LogP contribution in [-0.4, -0.2) is 51.1 Å². The molecule has 0 saturated carbocycles. The number of nitrogens with zero attached hydrogens (tertiary/aromatic N) is 2. The summed E-state index contributed by atoms with van der Waals surface area (Å²) in [5, 5.41) is 4.02. The summed E-state index contributed by atoms with van der Waals surface area (Å²) >= 11 is 0. The van der Waals surface area contributed by atoms with Crippen LogP contribution in [0.2, 0.25) is 0 Å². The average molecular weight is 367 g/mol. The molecule has 7 heteroatoms. The summed E-state index contributed by atoms with van der Waals surface area (Å²) in [6, 6.07) is 15.3. The van der Waals surface area contributed by atoms with Crippen molar-refractivity contribution >= 4 is 17.8 Å². The first-order chi connectivity index (χ1) is 13.3. The molecule has 4 rings (SSSR count). The van der Waals surface area contributed by atoms with Crippen molar-refractivity contribution in [1.82, 2.24) is 5.43 Å². The molecule has 1 N–H and O–H groups in total. The van der Waals surface area contributed by atoms with Crippen LogP contribution in [0.15, 0.2) is 53.6 Å². The van der Waals surface area contributed by atoms with Crippen molar-refractivity contribution in [2.75, 3.05) is 37.8 Å². The quantitative estimate of drug-likeness (QED) is 0.659. The van der Waals surface area contributed by atoms with Gasteiger partial charge in [0.25, 0.3) is 5.91 Å². The molecule has 2 aliphatic rings. The van der Waals surface area contributed by atoms with Crippen LogP contribution < -0.4 is 19.8 Å². The fraction of sp³-hybridized carbons (Fsp3) is 0.300. The van der Waals surface area contributed by atoms with E-state index in [1.54, 1.807) is 12.3 Å². The third-order valence-corrected chi connectivity index (χ3v) is 4.46. The number of hydrogen-bond acceptors (Lipinski definition) is 6. The molecule has 1 unspecified atom stereocenters. The van der Waals surface area contributed by atoms with Crippen molar-refractivity contribution in [1.29, 1.82) is 0 Å². The highest BCUT2D eigenvalue weighted by molar-refractivity contribution is 5.85. The molecule has 1 saturated heterocycles. The molecule has 1 amide bonds. The van der Waals surface area contributed by atoms with E-state index in [9.17, 15) is 4.79 Å². The van der Waals surface area contributed by atoms with Gasteiger partial charge in [0.15, 0.2) is 11.5 Å². The lowest BCUT2D eigenvalue weighted by molar-refractivity contribution is -0.130. The Hall–Kier alpha value is -3.06. The molecule has 2 heterocycles. The minimum absolute atomic E-state index is 0.159. The number of ether oxygens (including phenoxy) is 3. The molecule has 2 aromatic carbocycles. The number of carbonyl (C=O) groups excluding carboxylic acids is 1. The second-order valence-electron chi connectivity index (χ2n) is 6.29. The Morgan fingerprint density at radius 2 is 1.81 bits per heavy atom. The Morgan fingerprint density at radius 3 is 2.59 bits per heavy atom. The molecule has 0 radical (unpaired) electrons. The molecule has 0 aliphatic carbocycles. The Bertz CT molecular complexity index is 816. The molecule has 140 valence electrons. The Morgan fingerprint density at radius 1 is 1.07 bits per heavy atom. The summed E-state index contributed by atoms with van der Waals surface area (Å²) < 4.78 is 16.6. The van der Waals surface area contributed by atoms with Gasteiger partial charge >= 0.3 is 0 Å². The summed E-state index contributed by atoms with van der Waals surface area (Å²) in [5.41, 5.74) is 4.57. The number of nitrogens with one attached hydrogen (secondary N) is 1. The summed E-state index contributed by atoms with van der Waals surface area (Å²) in [4.78, 5) is 14.5. The molecular weight excluding hydrogens is 346 g/mol. The number of fused-ring (bicyclic) bond motifs is 1. The van der Waals surface area contributed by atoms with E-state index in [4.69, 9.17) is 14.2 Å². The number of hydrazone groups is 1. The maximum Gasteiger partial charge on any atom is 0.284 e. The fourth-order valence-corrected chi connectivity index (χ4v) is 2.98. The van der Waals surface area contributed by atoms with Gasteiger partial charge < -0.3 is 19.1 Å². The summed E-state index contributed by atoms with van der Waals surface area (Å²) in [6.07, 6.45) is 0.888. The molecule has 2 aromatic rings. The predicted molar refractivity (Wildman–Crippen MR) is 102 cm³/mol. The van der Waals surface area contributed by atoms with Crippen LogP contribution >= 0.6 is 0 Å². The SMILES string of the molecule is O=C(N/N=C/c1ccc(N2CCOCC2)cc1)C1COc2ccccc2O1. The van der Waals surface area contributed by atoms with E-state index in [0.29, 0.717) is 11.5 Å². The second-order valence-corrected chi connectivity index (χ2v) is 6.29. The molecule has 1 atom stereocenters. The smallest absolute Gasteiger partial charge is 0.284 e. The van der Waals surface area contributed by atoms with E-state index in [2.05, 4.69) is 15.4 Å². The monoisotopic (exact) mass is 367 g/mol. The first kappa shape index (κ1) is 17.4. The maximum absolute atomic E-state index is 12.2. The van der Waals surface area contributed by atoms with Crippen molar-refractivity contribution in [3.05, 3.63) is 54.1 Å². The first-order valence-corrected chi connectivity index (χ1v) is 8.94. The van der Waals surface area contributed by atoms with Gasteiger partial charge in [-0.3, -0.25) is 4.79 Å². The first-order valence-electron chi connectivity index (χ1n) is 8.94. The lowest BCUT2D eigenvalue weighted by atomic mass is 10.2. The number of morpholine rings is 1. The van der Waals surface area contributed by atoms with Gasteiger partial charge in [-0.2, -0.15) is 5.10 Å². The molecule has 27 heavy (non-hydrogen) atoms. The molecular formula is C20H21N3O4. The van der Waals surface area contributed by atoms with Gasteiger partial charge in [0.05, 0.1) is 19.4 Å². The fourth-order valence-electron chi connectivity index (χ4n) is 2.98.